The molecule has 1 N–H and O–H groups in total. The fraction of sp³-hybridized carbons (Fsp3) is 0.407. The van der Waals surface area contributed by atoms with Crippen molar-refractivity contribution < 1.29 is 14.3 Å². The highest BCUT2D eigenvalue weighted by Crippen LogP contribution is 2.31. The van der Waals surface area contributed by atoms with Crippen molar-refractivity contribution in [2.24, 2.45) is 0 Å². The van der Waals surface area contributed by atoms with Crippen LogP contribution in [0.5, 0.6) is 0 Å². The first-order valence-corrected chi connectivity index (χ1v) is 11.8. The molecule has 4 rings (SSSR count). The fourth-order valence-electron chi connectivity index (χ4n) is 4.31. The second-order valence-corrected chi connectivity index (χ2v) is 8.79. The number of benzene rings is 2. The molecule has 1 saturated heterocycles. The third-order valence-corrected chi connectivity index (χ3v) is 6.55. The lowest BCUT2D eigenvalue weighted by Crippen LogP contribution is -2.39. The molecule has 0 spiro atoms. The molecule has 2 aliphatic rings. The Bertz CT molecular complexity index is 1050. The normalized spacial score (nSPS) is 17.2. The quantitative estimate of drug-likeness (QED) is 0.624. The molecule has 174 valence electrons. The van der Waals surface area contributed by atoms with Gasteiger partial charge in [-0.25, -0.2) is 0 Å². The molecule has 33 heavy (non-hydrogen) atoms. The number of hydrogen-bond acceptors (Lipinski definition) is 5. The summed E-state index contributed by atoms with van der Waals surface area (Å²) in [6.07, 6.45) is 1.70. The molecule has 6 nitrogen and oxygen atoms in total. The Morgan fingerprint density at radius 2 is 1.64 bits per heavy atom. The van der Waals surface area contributed by atoms with Crippen molar-refractivity contribution in [2.75, 3.05) is 44.7 Å². The standard InChI is InChI=1S/C27H33N3O3/c1-4-21-7-10-23(11-8-21)28-25-24(22-9-6-19(2)20(3)18-22)26(31)30(27(25)32)13-5-12-29-14-16-33-17-15-29/h6-11,18,28H,4-5,12-17H2,1-3H3. The number of anilines is 1. The summed E-state index contributed by atoms with van der Waals surface area (Å²) in [7, 11) is 0. The predicted octanol–water partition coefficient (Wildman–Crippen LogP) is 3.78. The molecular formula is C27H33N3O3. The van der Waals surface area contributed by atoms with Crippen LogP contribution in [0.2, 0.25) is 0 Å². The highest BCUT2D eigenvalue weighted by Gasteiger charge is 2.39. The SMILES string of the molecule is CCc1ccc(NC2=C(c3ccc(C)c(C)c3)C(=O)N(CCCN3CCOCC3)C2=O)cc1. The molecule has 1 fully saturated rings. The molecule has 6 heteroatoms. The van der Waals surface area contributed by atoms with Crippen molar-refractivity contribution in [2.45, 2.75) is 33.6 Å². The first-order chi connectivity index (χ1) is 16.0. The van der Waals surface area contributed by atoms with Crippen molar-refractivity contribution in [1.29, 1.82) is 0 Å². The zero-order valence-electron chi connectivity index (χ0n) is 19.8. The van der Waals surface area contributed by atoms with E-state index >= 15 is 0 Å². The van der Waals surface area contributed by atoms with E-state index in [0.29, 0.717) is 17.8 Å². The minimum Gasteiger partial charge on any atom is -0.379 e. The summed E-state index contributed by atoms with van der Waals surface area (Å²) in [5.41, 5.74) is 5.87. The Labute approximate surface area is 196 Å². The summed E-state index contributed by atoms with van der Waals surface area (Å²) in [5, 5.41) is 3.27. The van der Waals surface area contributed by atoms with Gasteiger partial charge in [-0.3, -0.25) is 19.4 Å². The first kappa shape index (κ1) is 23.2. The topological polar surface area (TPSA) is 61.9 Å². The molecule has 0 atom stereocenters. The van der Waals surface area contributed by atoms with Gasteiger partial charge in [-0.2, -0.15) is 0 Å². The van der Waals surface area contributed by atoms with E-state index in [4.69, 9.17) is 4.74 Å². The van der Waals surface area contributed by atoms with Gasteiger partial charge in [0.15, 0.2) is 0 Å². The summed E-state index contributed by atoms with van der Waals surface area (Å²) < 4.78 is 5.40. The third-order valence-electron chi connectivity index (χ3n) is 6.55. The molecule has 2 amide bonds. The fourth-order valence-corrected chi connectivity index (χ4v) is 4.31. The van der Waals surface area contributed by atoms with Crippen LogP contribution in [-0.2, 0) is 20.7 Å². The van der Waals surface area contributed by atoms with Crippen LogP contribution in [0.3, 0.4) is 0 Å². The number of nitrogens with one attached hydrogen (secondary N) is 1. The minimum atomic E-state index is -0.255. The second kappa shape index (κ2) is 10.3. The van der Waals surface area contributed by atoms with Crippen LogP contribution in [0.25, 0.3) is 5.57 Å². The van der Waals surface area contributed by atoms with Gasteiger partial charge in [-0.05, 0) is 61.1 Å². The maximum absolute atomic E-state index is 13.5. The van der Waals surface area contributed by atoms with E-state index in [-0.39, 0.29) is 11.8 Å². The lowest BCUT2D eigenvalue weighted by molar-refractivity contribution is -0.136. The van der Waals surface area contributed by atoms with Gasteiger partial charge in [0.25, 0.3) is 11.8 Å². The van der Waals surface area contributed by atoms with E-state index in [1.54, 1.807) is 0 Å². The van der Waals surface area contributed by atoms with E-state index < -0.39 is 0 Å². The average Bonchev–Trinajstić information content (AvgIpc) is 3.06. The summed E-state index contributed by atoms with van der Waals surface area (Å²) in [5.74, 6) is -0.479. The van der Waals surface area contributed by atoms with Gasteiger partial charge in [-0.1, -0.05) is 37.3 Å². The minimum absolute atomic E-state index is 0.224. The highest BCUT2D eigenvalue weighted by atomic mass is 16.5. The lowest BCUT2D eigenvalue weighted by Gasteiger charge is -2.27. The van der Waals surface area contributed by atoms with E-state index in [1.807, 2.05) is 56.3 Å². The van der Waals surface area contributed by atoms with Crippen LogP contribution >= 0.6 is 0 Å². The summed E-state index contributed by atoms with van der Waals surface area (Å²) in [6, 6.07) is 13.9. The van der Waals surface area contributed by atoms with E-state index in [0.717, 1.165) is 68.1 Å². The Morgan fingerprint density at radius 3 is 2.30 bits per heavy atom. The third kappa shape index (κ3) is 5.18. The number of aryl methyl sites for hydroxylation is 3. The largest absolute Gasteiger partial charge is 0.379 e. The number of amides is 2. The first-order valence-electron chi connectivity index (χ1n) is 11.8. The van der Waals surface area contributed by atoms with Gasteiger partial charge < -0.3 is 10.1 Å². The molecule has 2 aromatic carbocycles. The van der Waals surface area contributed by atoms with Crippen LogP contribution in [0.15, 0.2) is 48.2 Å². The van der Waals surface area contributed by atoms with Gasteiger partial charge in [0.1, 0.15) is 5.70 Å². The van der Waals surface area contributed by atoms with Gasteiger partial charge in [0.2, 0.25) is 0 Å². The number of ether oxygens (including phenoxy) is 1. The highest BCUT2D eigenvalue weighted by molar-refractivity contribution is 6.36. The van der Waals surface area contributed by atoms with Gasteiger partial charge in [-0.15, -0.1) is 0 Å². The monoisotopic (exact) mass is 447 g/mol. The molecule has 0 unspecified atom stereocenters. The molecule has 0 aromatic heterocycles. The second-order valence-electron chi connectivity index (χ2n) is 8.79. The molecular weight excluding hydrogens is 414 g/mol. The van der Waals surface area contributed by atoms with E-state index in [1.165, 1.54) is 10.5 Å². The number of hydrogen-bond donors (Lipinski definition) is 1. The number of carbonyl (C=O) groups is 2. The van der Waals surface area contributed by atoms with Crippen molar-refractivity contribution in [3.05, 3.63) is 70.4 Å². The lowest BCUT2D eigenvalue weighted by atomic mass is 9.99. The number of carbonyl (C=O) groups excluding carboxylic acids is 2. The van der Waals surface area contributed by atoms with Crippen molar-refractivity contribution in [3.63, 3.8) is 0 Å². The van der Waals surface area contributed by atoms with Crippen molar-refractivity contribution in [3.8, 4) is 0 Å². The Kier molecular flexibility index (Phi) is 7.26. The average molecular weight is 448 g/mol. The number of nitrogens with zero attached hydrogens (tertiary/aromatic N) is 2. The smallest absolute Gasteiger partial charge is 0.278 e. The summed E-state index contributed by atoms with van der Waals surface area (Å²) >= 11 is 0. The number of rotatable bonds is 8. The Hall–Kier alpha value is -2.96. The Morgan fingerprint density at radius 1 is 0.909 bits per heavy atom. The van der Waals surface area contributed by atoms with Crippen LogP contribution in [0.4, 0.5) is 5.69 Å². The molecule has 0 aliphatic carbocycles. The molecule has 2 heterocycles. The molecule has 0 radical (unpaired) electrons. The predicted molar refractivity (Wildman–Crippen MR) is 131 cm³/mol. The van der Waals surface area contributed by atoms with Crippen molar-refractivity contribution >= 4 is 23.1 Å². The van der Waals surface area contributed by atoms with Gasteiger partial charge in [0.05, 0.1) is 18.8 Å². The molecule has 0 bridgehead atoms. The maximum atomic E-state index is 13.5. The Balaban J connectivity index is 1.58. The summed E-state index contributed by atoms with van der Waals surface area (Å²) in [6.45, 7) is 10.7. The molecule has 2 aromatic rings. The van der Waals surface area contributed by atoms with Gasteiger partial charge >= 0.3 is 0 Å². The van der Waals surface area contributed by atoms with Crippen LogP contribution in [0.1, 0.15) is 35.6 Å². The van der Waals surface area contributed by atoms with Crippen LogP contribution in [-0.4, -0.2) is 61.0 Å². The molecule has 0 saturated carbocycles. The van der Waals surface area contributed by atoms with Gasteiger partial charge in [0, 0.05) is 31.9 Å². The zero-order chi connectivity index (χ0) is 23.4. The molecule has 2 aliphatic heterocycles. The van der Waals surface area contributed by atoms with E-state index in [9.17, 15) is 9.59 Å². The van der Waals surface area contributed by atoms with Crippen LogP contribution < -0.4 is 5.32 Å². The summed E-state index contributed by atoms with van der Waals surface area (Å²) in [4.78, 5) is 30.6. The number of morpholine rings is 1. The van der Waals surface area contributed by atoms with E-state index in [2.05, 4.69) is 17.1 Å². The maximum Gasteiger partial charge on any atom is 0.278 e. The van der Waals surface area contributed by atoms with Crippen LogP contribution in [0, 0.1) is 13.8 Å². The van der Waals surface area contributed by atoms with Crippen molar-refractivity contribution in [1.82, 2.24) is 9.80 Å². The number of imide groups is 1. The zero-order valence-corrected chi connectivity index (χ0v) is 19.8.